The van der Waals surface area contributed by atoms with Gasteiger partial charge in [-0.05, 0) is 42.8 Å². The van der Waals surface area contributed by atoms with Gasteiger partial charge in [0, 0.05) is 5.56 Å². The van der Waals surface area contributed by atoms with Crippen LogP contribution in [-0.4, -0.2) is 19.4 Å². The molecule has 0 atom stereocenters. The summed E-state index contributed by atoms with van der Waals surface area (Å²) in [6, 6.07) is 15.7. The van der Waals surface area contributed by atoms with Crippen LogP contribution in [0.1, 0.15) is 11.1 Å². The summed E-state index contributed by atoms with van der Waals surface area (Å²) in [5.41, 5.74) is 3.71. The smallest absolute Gasteiger partial charge is 0.265 e. The number of benzene rings is 2. The van der Waals surface area contributed by atoms with E-state index >= 15 is 0 Å². The summed E-state index contributed by atoms with van der Waals surface area (Å²) in [5.74, 6) is -0.310. The summed E-state index contributed by atoms with van der Waals surface area (Å²) < 4.78 is 15.9. The molecule has 0 saturated heterocycles. The third-order valence-electron chi connectivity index (χ3n) is 4.04. The largest absolute Gasteiger partial charge is 0.293 e. The molecule has 0 N–H and O–H groups in total. The summed E-state index contributed by atoms with van der Waals surface area (Å²) in [6.45, 7) is 2.41. The number of aromatic nitrogens is 4. The monoisotopic (exact) mass is 334 g/mol. The number of halogens is 1. The highest BCUT2D eigenvalue weighted by molar-refractivity contribution is 5.65. The number of hydrogen-bond donors (Lipinski definition) is 0. The fraction of sp³-hybridized carbons (Fsp3) is 0.105. The summed E-state index contributed by atoms with van der Waals surface area (Å²) in [5, 5.41) is 8.55. The van der Waals surface area contributed by atoms with E-state index in [1.165, 1.54) is 27.7 Å². The van der Waals surface area contributed by atoms with E-state index in [2.05, 4.69) is 10.2 Å². The fourth-order valence-corrected chi connectivity index (χ4v) is 2.80. The van der Waals surface area contributed by atoms with Crippen LogP contribution in [-0.2, 0) is 6.54 Å². The zero-order valence-corrected chi connectivity index (χ0v) is 13.6. The van der Waals surface area contributed by atoms with Gasteiger partial charge in [0.05, 0.1) is 12.2 Å². The van der Waals surface area contributed by atoms with E-state index in [1.807, 2.05) is 31.2 Å². The van der Waals surface area contributed by atoms with Crippen molar-refractivity contribution in [1.82, 2.24) is 19.4 Å². The van der Waals surface area contributed by atoms with Gasteiger partial charge in [-0.15, -0.1) is 0 Å². The molecule has 2 aromatic heterocycles. The Balaban J connectivity index is 1.75. The highest BCUT2D eigenvalue weighted by Crippen LogP contribution is 2.18. The van der Waals surface area contributed by atoms with Gasteiger partial charge in [0.25, 0.3) is 5.56 Å². The van der Waals surface area contributed by atoms with Crippen LogP contribution >= 0.6 is 0 Å². The number of fused-ring (bicyclic) bond motifs is 1. The molecule has 0 fully saturated rings. The van der Waals surface area contributed by atoms with E-state index in [9.17, 15) is 9.18 Å². The Morgan fingerprint density at radius 3 is 2.64 bits per heavy atom. The lowest BCUT2D eigenvalue weighted by atomic mass is 10.1. The molecule has 0 aliphatic carbocycles. The molecule has 0 radical (unpaired) electrons. The predicted molar refractivity (Wildman–Crippen MR) is 92.9 cm³/mol. The van der Waals surface area contributed by atoms with E-state index in [1.54, 1.807) is 18.2 Å². The van der Waals surface area contributed by atoms with Crippen LogP contribution in [0.2, 0.25) is 0 Å². The van der Waals surface area contributed by atoms with Crippen LogP contribution in [0.25, 0.3) is 16.8 Å². The van der Waals surface area contributed by atoms with Crippen molar-refractivity contribution in [2.45, 2.75) is 13.5 Å². The maximum atomic E-state index is 13.1. The Hall–Kier alpha value is -3.28. The van der Waals surface area contributed by atoms with Crippen molar-refractivity contribution in [3.05, 3.63) is 88.2 Å². The van der Waals surface area contributed by atoms with Gasteiger partial charge in [0.15, 0.2) is 0 Å². The first-order valence-electron chi connectivity index (χ1n) is 7.87. The minimum Gasteiger partial charge on any atom is -0.265 e. The Bertz CT molecular complexity index is 1110. The van der Waals surface area contributed by atoms with E-state index in [4.69, 9.17) is 0 Å². The van der Waals surface area contributed by atoms with E-state index in [0.717, 1.165) is 16.7 Å². The van der Waals surface area contributed by atoms with Crippen molar-refractivity contribution >= 4 is 5.52 Å². The third kappa shape index (κ3) is 2.94. The molecule has 0 unspecified atom stereocenters. The highest BCUT2D eigenvalue weighted by Gasteiger charge is 2.10. The zero-order chi connectivity index (χ0) is 17.4. The van der Waals surface area contributed by atoms with Crippen LogP contribution < -0.4 is 5.56 Å². The molecule has 4 aromatic rings. The second-order valence-corrected chi connectivity index (χ2v) is 5.95. The van der Waals surface area contributed by atoms with Crippen LogP contribution in [0, 0.1) is 12.7 Å². The molecule has 0 saturated carbocycles. The highest BCUT2D eigenvalue weighted by atomic mass is 19.1. The second kappa shape index (κ2) is 5.98. The Morgan fingerprint density at radius 1 is 1.08 bits per heavy atom. The van der Waals surface area contributed by atoms with Crippen molar-refractivity contribution in [2.75, 3.05) is 0 Å². The molecule has 5 nitrogen and oxygen atoms in total. The molecule has 6 heteroatoms. The molecule has 2 heterocycles. The van der Waals surface area contributed by atoms with Gasteiger partial charge in [-0.2, -0.15) is 10.2 Å². The lowest BCUT2D eigenvalue weighted by Gasteiger charge is -2.05. The Kier molecular flexibility index (Phi) is 3.65. The van der Waals surface area contributed by atoms with Crippen molar-refractivity contribution in [3.8, 4) is 11.3 Å². The number of hydrogen-bond acceptors (Lipinski definition) is 3. The number of nitrogens with zero attached hydrogens (tertiary/aromatic N) is 4. The van der Waals surface area contributed by atoms with Crippen LogP contribution in [0.4, 0.5) is 4.39 Å². The average Bonchev–Trinajstić information content (AvgIpc) is 3.03. The van der Waals surface area contributed by atoms with Gasteiger partial charge in [0.1, 0.15) is 17.7 Å². The second-order valence-electron chi connectivity index (χ2n) is 5.95. The summed E-state index contributed by atoms with van der Waals surface area (Å²) in [4.78, 5) is 12.7. The quantitative estimate of drug-likeness (QED) is 0.579. The lowest BCUT2D eigenvalue weighted by molar-refractivity contribution is 0.619. The van der Waals surface area contributed by atoms with Crippen molar-refractivity contribution < 1.29 is 4.39 Å². The lowest BCUT2D eigenvalue weighted by Crippen LogP contribution is -2.25. The summed E-state index contributed by atoms with van der Waals surface area (Å²) >= 11 is 0. The van der Waals surface area contributed by atoms with Crippen molar-refractivity contribution in [1.29, 1.82) is 0 Å². The van der Waals surface area contributed by atoms with Crippen LogP contribution in [0.3, 0.4) is 0 Å². The maximum absolute atomic E-state index is 13.1. The predicted octanol–water partition coefficient (Wildman–Crippen LogP) is 3.05. The van der Waals surface area contributed by atoms with Gasteiger partial charge in [-0.25, -0.2) is 13.6 Å². The van der Waals surface area contributed by atoms with E-state index in [0.29, 0.717) is 17.8 Å². The standard InChI is InChI=1S/C19H15FN4O/c1-13-3-2-4-14(9-13)11-23-19(25)18-10-17(22-24(18)12-21-23)15-5-7-16(20)8-6-15/h2-10,12H,11H2,1H3. The van der Waals surface area contributed by atoms with E-state index in [-0.39, 0.29) is 11.4 Å². The van der Waals surface area contributed by atoms with Gasteiger partial charge in [-0.3, -0.25) is 4.79 Å². The van der Waals surface area contributed by atoms with Crippen LogP contribution in [0.5, 0.6) is 0 Å². The molecule has 25 heavy (non-hydrogen) atoms. The fourth-order valence-electron chi connectivity index (χ4n) is 2.80. The first-order chi connectivity index (χ1) is 12.1. The number of aryl methyl sites for hydroxylation is 1. The van der Waals surface area contributed by atoms with Crippen molar-refractivity contribution in [3.63, 3.8) is 0 Å². The SMILES string of the molecule is Cc1cccc(Cn2ncn3nc(-c4ccc(F)cc4)cc3c2=O)c1. The summed E-state index contributed by atoms with van der Waals surface area (Å²) in [6.07, 6.45) is 1.51. The van der Waals surface area contributed by atoms with Gasteiger partial charge >= 0.3 is 0 Å². The van der Waals surface area contributed by atoms with Gasteiger partial charge in [0.2, 0.25) is 0 Å². The minimum atomic E-state index is -0.310. The molecule has 0 aliphatic rings. The Labute approximate surface area is 143 Å². The topological polar surface area (TPSA) is 52.2 Å². The normalized spacial score (nSPS) is 11.1. The van der Waals surface area contributed by atoms with Gasteiger partial charge < -0.3 is 0 Å². The first-order valence-corrected chi connectivity index (χ1v) is 7.87. The van der Waals surface area contributed by atoms with Crippen molar-refractivity contribution in [2.24, 2.45) is 0 Å². The van der Waals surface area contributed by atoms with E-state index < -0.39 is 0 Å². The molecule has 2 aromatic carbocycles. The van der Waals surface area contributed by atoms with Gasteiger partial charge in [-0.1, -0.05) is 29.8 Å². The Morgan fingerprint density at radius 2 is 1.88 bits per heavy atom. The first kappa shape index (κ1) is 15.3. The molecule has 0 spiro atoms. The number of rotatable bonds is 3. The summed E-state index contributed by atoms with van der Waals surface area (Å²) in [7, 11) is 0. The average molecular weight is 334 g/mol. The zero-order valence-electron chi connectivity index (χ0n) is 13.6. The molecule has 124 valence electrons. The molecule has 0 bridgehead atoms. The van der Waals surface area contributed by atoms with Crippen LogP contribution in [0.15, 0.2) is 65.7 Å². The third-order valence-corrected chi connectivity index (χ3v) is 4.04. The molecule has 0 amide bonds. The minimum absolute atomic E-state index is 0.218. The maximum Gasteiger partial charge on any atom is 0.293 e. The molecular formula is C19H15FN4O. The molecular weight excluding hydrogens is 319 g/mol. The molecule has 0 aliphatic heterocycles. The molecule has 4 rings (SSSR count).